The van der Waals surface area contributed by atoms with Gasteiger partial charge in [0, 0.05) is 10.6 Å². The Bertz CT molecular complexity index is 986. The number of nitrogens with one attached hydrogen (secondary N) is 2. The molecule has 0 saturated heterocycles. The summed E-state index contributed by atoms with van der Waals surface area (Å²) in [5, 5.41) is 7.71. The summed E-state index contributed by atoms with van der Waals surface area (Å²) in [5.74, 6) is 0.878. The standard InChI is InChI=1S/C22H20N2O4S/c25-21(23-13-17-4-3-11-29-17)12-15-7-9-16(10-8-15)24-22(26)20-14-27-18-5-1-2-6-19(18)28-20/h1-11,20H,12-14H2,(H,23,25)(H,24,26). The first kappa shape index (κ1) is 19.0. The van der Waals surface area contributed by atoms with Crippen LogP contribution in [0.25, 0.3) is 0 Å². The van der Waals surface area contributed by atoms with Crippen LogP contribution in [0, 0.1) is 0 Å². The van der Waals surface area contributed by atoms with Gasteiger partial charge in [-0.25, -0.2) is 0 Å². The highest BCUT2D eigenvalue weighted by Crippen LogP contribution is 2.31. The Kier molecular flexibility index (Phi) is 5.76. The van der Waals surface area contributed by atoms with E-state index in [4.69, 9.17) is 9.47 Å². The lowest BCUT2D eigenvalue weighted by molar-refractivity contribution is -0.125. The van der Waals surface area contributed by atoms with Gasteiger partial charge in [0.2, 0.25) is 12.0 Å². The second-order valence-corrected chi connectivity index (χ2v) is 7.62. The average molecular weight is 408 g/mol. The Morgan fingerprint density at radius 3 is 2.55 bits per heavy atom. The molecule has 29 heavy (non-hydrogen) atoms. The van der Waals surface area contributed by atoms with E-state index in [1.54, 1.807) is 35.6 Å². The molecule has 3 aromatic rings. The van der Waals surface area contributed by atoms with E-state index >= 15 is 0 Å². The number of hydrogen-bond donors (Lipinski definition) is 2. The molecule has 0 radical (unpaired) electrons. The maximum Gasteiger partial charge on any atom is 0.269 e. The number of thiophene rings is 1. The van der Waals surface area contributed by atoms with Crippen molar-refractivity contribution in [2.24, 2.45) is 0 Å². The first-order valence-electron chi connectivity index (χ1n) is 9.25. The Morgan fingerprint density at radius 1 is 1.00 bits per heavy atom. The van der Waals surface area contributed by atoms with Gasteiger partial charge >= 0.3 is 0 Å². The third kappa shape index (κ3) is 4.94. The molecule has 1 aliphatic heterocycles. The third-order valence-electron chi connectivity index (χ3n) is 4.43. The van der Waals surface area contributed by atoms with Gasteiger partial charge in [-0.05, 0) is 41.3 Å². The second-order valence-electron chi connectivity index (χ2n) is 6.58. The lowest BCUT2D eigenvalue weighted by atomic mass is 10.1. The van der Waals surface area contributed by atoms with E-state index in [0.29, 0.717) is 23.7 Å². The maximum absolute atomic E-state index is 12.5. The summed E-state index contributed by atoms with van der Waals surface area (Å²) in [7, 11) is 0. The molecule has 0 fully saturated rings. The van der Waals surface area contributed by atoms with Gasteiger partial charge in [-0.1, -0.05) is 30.3 Å². The molecule has 7 heteroatoms. The normalized spacial score (nSPS) is 14.8. The predicted molar refractivity (Wildman–Crippen MR) is 111 cm³/mol. The molecular weight excluding hydrogens is 388 g/mol. The van der Waals surface area contributed by atoms with Crippen molar-refractivity contribution in [1.29, 1.82) is 0 Å². The van der Waals surface area contributed by atoms with Crippen LogP contribution in [-0.2, 0) is 22.6 Å². The molecular formula is C22H20N2O4S. The number of rotatable bonds is 6. The first-order valence-corrected chi connectivity index (χ1v) is 10.1. The minimum absolute atomic E-state index is 0.0402. The van der Waals surface area contributed by atoms with E-state index < -0.39 is 6.10 Å². The van der Waals surface area contributed by atoms with Gasteiger partial charge in [-0.15, -0.1) is 11.3 Å². The fourth-order valence-electron chi connectivity index (χ4n) is 2.92. The topological polar surface area (TPSA) is 76.7 Å². The Labute approximate surface area is 172 Å². The summed E-state index contributed by atoms with van der Waals surface area (Å²) in [6, 6.07) is 18.4. The fraction of sp³-hybridized carbons (Fsp3) is 0.182. The molecule has 1 unspecified atom stereocenters. The molecule has 2 aromatic carbocycles. The molecule has 6 nitrogen and oxygen atoms in total. The van der Waals surface area contributed by atoms with E-state index in [1.165, 1.54) is 0 Å². The van der Waals surface area contributed by atoms with Crippen LogP contribution in [-0.4, -0.2) is 24.5 Å². The van der Waals surface area contributed by atoms with E-state index in [1.807, 2.05) is 41.8 Å². The lowest BCUT2D eigenvalue weighted by Crippen LogP contribution is -2.40. The molecule has 4 rings (SSSR count). The lowest BCUT2D eigenvalue weighted by Gasteiger charge is -2.25. The second kappa shape index (κ2) is 8.79. The number of ether oxygens (including phenoxy) is 2. The van der Waals surface area contributed by atoms with Crippen molar-refractivity contribution in [3.8, 4) is 11.5 Å². The average Bonchev–Trinajstić information content (AvgIpc) is 3.27. The molecule has 0 bridgehead atoms. The first-order chi connectivity index (χ1) is 14.2. The summed E-state index contributed by atoms with van der Waals surface area (Å²) in [4.78, 5) is 25.6. The van der Waals surface area contributed by atoms with Gasteiger partial charge in [-0.3, -0.25) is 9.59 Å². The number of amides is 2. The summed E-state index contributed by atoms with van der Waals surface area (Å²) < 4.78 is 11.3. The summed E-state index contributed by atoms with van der Waals surface area (Å²) >= 11 is 1.61. The van der Waals surface area contributed by atoms with Crippen LogP contribution in [0.4, 0.5) is 5.69 Å². The van der Waals surface area contributed by atoms with E-state index in [2.05, 4.69) is 10.6 Å². The molecule has 0 aliphatic carbocycles. The van der Waals surface area contributed by atoms with Gasteiger partial charge in [0.25, 0.3) is 5.91 Å². The molecule has 1 aromatic heterocycles. The van der Waals surface area contributed by atoms with Gasteiger partial charge in [0.15, 0.2) is 11.5 Å². The van der Waals surface area contributed by atoms with Crippen molar-refractivity contribution in [1.82, 2.24) is 5.32 Å². The number of benzene rings is 2. The summed E-state index contributed by atoms with van der Waals surface area (Å²) in [6.45, 7) is 0.697. The number of hydrogen-bond acceptors (Lipinski definition) is 5. The quantitative estimate of drug-likeness (QED) is 0.656. The van der Waals surface area contributed by atoms with E-state index in [0.717, 1.165) is 10.4 Å². The Balaban J connectivity index is 1.28. The number of anilines is 1. The zero-order chi connectivity index (χ0) is 20.1. The Morgan fingerprint density at radius 2 is 1.79 bits per heavy atom. The van der Waals surface area contributed by atoms with Crippen molar-refractivity contribution in [2.45, 2.75) is 19.1 Å². The fourth-order valence-corrected chi connectivity index (χ4v) is 3.57. The van der Waals surface area contributed by atoms with E-state index in [-0.39, 0.29) is 24.8 Å². The van der Waals surface area contributed by atoms with Crippen molar-refractivity contribution < 1.29 is 19.1 Å². The highest BCUT2D eigenvalue weighted by Gasteiger charge is 2.27. The smallest absolute Gasteiger partial charge is 0.269 e. The molecule has 2 heterocycles. The van der Waals surface area contributed by atoms with Gasteiger partial charge in [0.05, 0.1) is 13.0 Å². The molecule has 2 N–H and O–H groups in total. The van der Waals surface area contributed by atoms with Crippen LogP contribution >= 0.6 is 11.3 Å². The minimum atomic E-state index is -0.715. The molecule has 148 valence electrons. The maximum atomic E-state index is 12.5. The van der Waals surface area contributed by atoms with Crippen LogP contribution < -0.4 is 20.1 Å². The van der Waals surface area contributed by atoms with E-state index in [9.17, 15) is 9.59 Å². The highest BCUT2D eigenvalue weighted by molar-refractivity contribution is 7.09. The molecule has 0 saturated carbocycles. The molecule has 1 aliphatic rings. The monoisotopic (exact) mass is 408 g/mol. The number of carbonyl (C=O) groups excluding carboxylic acids is 2. The SMILES string of the molecule is O=C(Cc1ccc(NC(=O)C2COc3ccccc3O2)cc1)NCc1cccs1. The number of fused-ring (bicyclic) bond motifs is 1. The van der Waals surface area contributed by atoms with Crippen LogP contribution in [0.5, 0.6) is 11.5 Å². The zero-order valence-corrected chi connectivity index (χ0v) is 16.4. The van der Waals surface area contributed by atoms with Crippen LogP contribution in [0.3, 0.4) is 0 Å². The predicted octanol–water partition coefficient (Wildman–Crippen LogP) is 3.39. The third-order valence-corrected chi connectivity index (χ3v) is 5.30. The van der Waals surface area contributed by atoms with Crippen molar-refractivity contribution >= 4 is 28.8 Å². The van der Waals surface area contributed by atoms with Gasteiger partial charge in [-0.2, -0.15) is 0 Å². The molecule has 0 spiro atoms. The summed E-state index contributed by atoms with van der Waals surface area (Å²) in [6.07, 6.45) is -0.428. The van der Waals surface area contributed by atoms with Crippen molar-refractivity contribution in [2.75, 3.05) is 11.9 Å². The van der Waals surface area contributed by atoms with Gasteiger partial charge < -0.3 is 20.1 Å². The highest BCUT2D eigenvalue weighted by atomic mass is 32.1. The number of para-hydroxylation sites is 2. The van der Waals surface area contributed by atoms with Gasteiger partial charge in [0.1, 0.15) is 6.61 Å². The molecule has 2 amide bonds. The number of carbonyl (C=O) groups is 2. The van der Waals surface area contributed by atoms with Crippen LogP contribution in [0.15, 0.2) is 66.0 Å². The molecule has 1 atom stereocenters. The Hall–Kier alpha value is -3.32. The van der Waals surface area contributed by atoms with Crippen LogP contribution in [0.2, 0.25) is 0 Å². The largest absolute Gasteiger partial charge is 0.485 e. The minimum Gasteiger partial charge on any atom is -0.485 e. The summed E-state index contributed by atoms with van der Waals surface area (Å²) in [5.41, 5.74) is 1.51. The van der Waals surface area contributed by atoms with Crippen molar-refractivity contribution in [3.05, 3.63) is 76.5 Å². The van der Waals surface area contributed by atoms with Crippen molar-refractivity contribution in [3.63, 3.8) is 0 Å². The zero-order valence-electron chi connectivity index (χ0n) is 15.6. The van der Waals surface area contributed by atoms with Crippen LogP contribution in [0.1, 0.15) is 10.4 Å².